The predicted octanol–water partition coefficient (Wildman–Crippen LogP) is 7.26. The first-order valence-electron chi connectivity index (χ1n) is 14.4. The molecule has 1 saturated carbocycles. The molecule has 1 saturated heterocycles. The minimum absolute atomic E-state index is 0.130. The largest absolute Gasteiger partial charge is 0.451 e. The molecular weight excluding hydrogens is 599 g/mol. The Morgan fingerprint density at radius 2 is 1.55 bits per heavy atom. The number of carbonyl (C=O) groups excluding carboxylic acids is 4. The van der Waals surface area contributed by atoms with Gasteiger partial charge >= 0.3 is 5.97 Å². The summed E-state index contributed by atoms with van der Waals surface area (Å²) in [6, 6.07) is 18.4. The van der Waals surface area contributed by atoms with Crippen molar-refractivity contribution in [1.29, 1.82) is 0 Å². The molecule has 3 aliphatic rings. The van der Waals surface area contributed by atoms with E-state index in [9.17, 15) is 19.2 Å². The van der Waals surface area contributed by atoms with Gasteiger partial charge in [0, 0.05) is 26.6 Å². The lowest BCUT2D eigenvalue weighted by molar-refractivity contribution is -0.123. The highest BCUT2D eigenvalue weighted by Gasteiger charge is 2.59. The molecule has 9 heteroatoms. The summed E-state index contributed by atoms with van der Waals surface area (Å²) in [5.41, 5.74) is 3.44. The SMILES string of the molecule is Cc1c(Cl)ccc2c(C(=O)OC(C)C(=O)c3ccc(Cl)cc3)cc(-c3ccc(N4C(=O)C5C6C=CC(C6)C5C4=O)cc3)nc12. The van der Waals surface area contributed by atoms with Crippen LogP contribution < -0.4 is 4.90 Å². The van der Waals surface area contributed by atoms with Gasteiger partial charge in [-0.05, 0) is 86.2 Å². The van der Waals surface area contributed by atoms with E-state index < -0.39 is 12.1 Å². The van der Waals surface area contributed by atoms with Gasteiger partial charge in [-0.2, -0.15) is 0 Å². The van der Waals surface area contributed by atoms with E-state index in [-0.39, 0.29) is 46.8 Å². The molecule has 0 radical (unpaired) electrons. The van der Waals surface area contributed by atoms with Crippen LogP contribution in [0, 0.1) is 30.6 Å². The van der Waals surface area contributed by atoms with E-state index in [1.54, 1.807) is 66.7 Å². The molecule has 5 unspecified atom stereocenters. The summed E-state index contributed by atoms with van der Waals surface area (Å²) >= 11 is 12.4. The maximum absolute atomic E-state index is 13.5. The van der Waals surface area contributed by atoms with Crippen molar-refractivity contribution in [3.63, 3.8) is 0 Å². The quantitative estimate of drug-likeness (QED) is 0.0970. The molecule has 1 aliphatic heterocycles. The Bertz CT molecular complexity index is 1890. The number of pyridine rings is 1. The Morgan fingerprint density at radius 1 is 0.909 bits per heavy atom. The van der Waals surface area contributed by atoms with Crippen molar-refractivity contribution in [1.82, 2.24) is 4.98 Å². The number of amides is 2. The van der Waals surface area contributed by atoms with Crippen molar-refractivity contribution in [2.24, 2.45) is 23.7 Å². The number of halogens is 2. The molecule has 44 heavy (non-hydrogen) atoms. The molecule has 2 heterocycles. The number of benzene rings is 3. The Balaban J connectivity index is 1.20. The first kappa shape index (κ1) is 28.4. The average molecular weight is 626 g/mol. The third-order valence-electron chi connectivity index (χ3n) is 9.06. The minimum atomic E-state index is -1.05. The van der Waals surface area contributed by atoms with Crippen LogP contribution in [0.4, 0.5) is 5.69 Å². The molecule has 2 aliphatic carbocycles. The van der Waals surface area contributed by atoms with Gasteiger partial charge in [0.15, 0.2) is 6.10 Å². The minimum Gasteiger partial charge on any atom is -0.451 e. The number of esters is 1. The Morgan fingerprint density at radius 3 is 2.18 bits per heavy atom. The van der Waals surface area contributed by atoms with Crippen LogP contribution in [-0.4, -0.2) is 34.7 Å². The van der Waals surface area contributed by atoms with Gasteiger partial charge in [0.1, 0.15) is 0 Å². The van der Waals surface area contributed by atoms with Crippen LogP contribution >= 0.6 is 23.2 Å². The molecule has 2 bridgehead atoms. The summed E-state index contributed by atoms with van der Waals surface area (Å²) in [4.78, 5) is 59.2. The molecule has 1 aromatic heterocycles. The number of imide groups is 1. The third-order valence-corrected chi connectivity index (χ3v) is 9.72. The van der Waals surface area contributed by atoms with Gasteiger partial charge in [-0.3, -0.25) is 19.3 Å². The number of fused-ring (bicyclic) bond motifs is 6. The van der Waals surface area contributed by atoms with Gasteiger partial charge in [-0.1, -0.05) is 53.6 Å². The fraction of sp³-hybridized carbons (Fsp3) is 0.229. The zero-order valence-electron chi connectivity index (χ0n) is 23.8. The molecule has 2 fully saturated rings. The Labute approximate surface area is 263 Å². The van der Waals surface area contributed by atoms with E-state index in [1.165, 1.54) is 11.8 Å². The van der Waals surface area contributed by atoms with Gasteiger partial charge in [0.2, 0.25) is 17.6 Å². The number of ether oxygens (including phenoxy) is 1. The molecule has 0 spiro atoms. The van der Waals surface area contributed by atoms with E-state index >= 15 is 0 Å². The van der Waals surface area contributed by atoms with Crippen molar-refractivity contribution in [2.75, 3.05) is 4.90 Å². The first-order chi connectivity index (χ1) is 21.1. The van der Waals surface area contributed by atoms with Crippen LogP contribution in [0.25, 0.3) is 22.2 Å². The van der Waals surface area contributed by atoms with E-state index in [4.69, 9.17) is 32.9 Å². The number of aryl methyl sites for hydroxylation is 1. The number of rotatable bonds is 6. The summed E-state index contributed by atoms with van der Waals surface area (Å²) in [6.07, 6.45) is 3.96. The van der Waals surface area contributed by atoms with Gasteiger partial charge < -0.3 is 4.74 Å². The zero-order valence-corrected chi connectivity index (χ0v) is 25.3. The molecule has 3 aromatic carbocycles. The molecule has 7 nitrogen and oxygen atoms in total. The van der Waals surface area contributed by atoms with Crippen molar-refractivity contribution in [3.05, 3.63) is 106 Å². The topological polar surface area (TPSA) is 93.6 Å². The lowest BCUT2D eigenvalue weighted by atomic mass is 9.85. The molecule has 220 valence electrons. The number of aromatic nitrogens is 1. The highest BCUT2D eigenvalue weighted by molar-refractivity contribution is 6.32. The number of hydrogen-bond acceptors (Lipinski definition) is 6. The van der Waals surface area contributed by atoms with Gasteiger partial charge in [0.05, 0.1) is 34.3 Å². The van der Waals surface area contributed by atoms with E-state index in [0.29, 0.717) is 49.0 Å². The van der Waals surface area contributed by atoms with Crippen LogP contribution in [0.2, 0.25) is 10.0 Å². The van der Waals surface area contributed by atoms with Crippen LogP contribution in [0.1, 0.15) is 39.6 Å². The van der Waals surface area contributed by atoms with E-state index in [0.717, 1.165) is 6.42 Å². The number of hydrogen-bond donors (Lipinski definition) is 0. The molecule has 5 atom stereocenters. The summed E-state index contributed by atoms with van der Waals surface area (Å²) in [5.74, 6) is -1.65. The van der Waals surface area contributed by atoms with Gasteiger partial charge in [0.25, 0.3) is 0 Å². The number of allylic oxidation sites excluding steroid dienone is 2. The number of anilines is 1. The second kappa shape index (κ2) is 10.7. The summed E-state index contributed by atoms with van der Waals surface area (Å²) in [5, 5.41) is 1.52. The number of Topliss-reactive ketones (excluding diaryl/α,β-unsaturated/α-hetero) is 1. The molecule has 2 amide bonds. The second-order valence-electron chi connectivity index (χ2n) is 11.6. The Hall–Kier alpha value is -4.33. The Kier molecular flexibility index (Phi) is 6.91. The molecule has 7 rings (SSSR count). The lowest BCUT2D eigenvalue weighted by Crippen LogP contribution is -2.32. The number of carbonyl (C=O) groups is 4. The average Bonchev–Trinajstić information content (AvgIpc) is 3.72. The van der Waals surface area contributed by atoms with Crippen molar-refractivity contribution in [2.45, 2.75) is 26.4 Å². The smallest absolute Gasteiger partial charge is 0.339 e. The van der Waals surface area contributed by atoms with Crippen LogP contribution in [0.5, 0.6) is 0 Å². The predicted molar refractivity (Wildman–Crippen MR) is 168 cm³/mol. The molecular formula is C35H26Cl2N2O5. The van der Waals surface area contributed by atoms with Crippen molar-refractivity contribution in [3.8, 4) is 11.3 Å². The maximum atomic E-state index is 13.5. The van der Waals surface area contributed by atoms with Crippen molar-refractivity contribution >= 4 is 63.4 Å². The molecule has 4 aromatic rings. The second-order valence-corrected chi connectivity index (χ2v) is 12.4. The van der Waals surface area contributed by atoms with E-state index in [1.807, 2.05) is 6.92 Å². The number of ketones is 1. The van der Waals surface area contributed by atoms with Crippen LogP contribution in [-0.2, 0) is 14.3 Å². The normalized spacial score (nSPS) is 22.5. The first-order valence-corrected chi connectivity index (χ1v) is 15.1. The maximum Gasteiger partial charge on any atom is 0.339 e. The number of nitrogens with zero attached hydrogens (tertiary/aromatic N) is 2. The highest BCUT2D eigenvalue weighted by Crippen LogP contribution is 2.53. The van der Waals surface area contributed by atoms with Crippen molar-refractivity contribution < 1.29 is 23.9 Å². The monoisotopic (exact) mass is 624 g/mol. The molecule has 0 N–H and O–H groups in total. The lowest BCUT2D eigenvalue weighted by Gasteiger charge is -2.18. The standard InChI is InChI=1S/C35H26Cl2N2O5/c1-17-27(37)14-13-25-26(35(43)44-18(2)32(40)20-5-9-23(36)10-6-20)16-28(38-31(17)25)19-7-11-24(12-8-19)39-33(41)29-21-3-4-22(15-21)30(29)34(39)42/h3-14,16,18,21-22,29-30H,15H2,1-2H3. The zero-order chi connectivity index (χ0) is 30.9. The fourth-order valence-electron chi connectivity index (χ4n) is 6.79. The highest BCUT2D eigenvalue weighted by atomic mass is 35.5. The van der Waals surface area contributed by atoms with Gasteiger partial charge in [-0.15, -0.1) is 0 Å². The summed E-state index contributed by atoms with van der Waals surface area (Å²) in [6.45, 7) is 3.34. The third kappa shape index (κ3) is 4.54. The van der Waals surface area contributed by atoms with Crippen LogP contribution in [0.15, 0.2) is 78.9 Å². The summed E-state index contributed by atoms with van der Waals surface area (Å²) in [7, 11) is 0. The summed E-state index contributed by atoms with van der Waals surface area (Å²) < 4.78 is 5.65. The van der Waals surface area contributed by atoms with Crippen LogP contribution in [0.3, 0.4) is 0 Å². The van der Waals surface area contributed by atoms with Gasteiger partial charge in [-0.25, -0.2) is 9.78 Å². The van der Waals surface area contributed by atoms with E-state index in [2.05, 4.69) is 12.2 Å². The fourth-order valence-corrected chi connectivity index (χ4v) is 7.06.